The van der Waals surface area contributed by atoms with Crippen molar-refractivity contribution in [2.45, 2.75) is 19.5 Å². The van der Waals surface area contributed by atoms with Gasteiger partial charge in [0.15, 0.2) is 0 Å². The molecule has 4 nitrogen and oxygen atoms in total. The van der Waals surface area contributed by atoms with Gasteiger partial charge < -0.3 is 14.8 Å². The van der Waals surface area contributed by atoms with Gasteiger partial charge >= 0.3 is 5.66 Å². The van der Waals surface area contributed by atoms with E-state index in [4.69, 9.17) is 14.8 Å². The smallest absolute Gasteiger partial charge is 0.339 e. The lowest BCUT2D eigenvalue weighted by Gasteiger charge is -2.25. The lowest BCUT2D eigenvalue weighted by Crippen LogP contribution is -2.14. The molecule has 1 heterocycles. The van der Waals surface area contributed by atoms with Crippen molar-refractivity contribution in [3.8, 4) is 0 Å². The number of thiophene rings is 1. The molecule has 0 saturated heterocycles. The summed E-state index contributed by atoms with van der Waals surface area (Å²) in [5, 5.41) is 0.555. The van der Waals surface area contributed by atoms with Gasteiger partial charge in [0.05, 0.1) is 18.1 Å². The van der Waals surface area contributed by atoms with E-state index < -0.39 is 19.9 Å². The first-order valence-corrected chi connectivity index (χ1v) is 8.67. The third kappa shape index (κ3) is 3.43. The zero-order valence-electron chi connectivity index (χ0n) is 12.1. The van der Waals surface area contributed by atoms with Crippen molar-refractivity contribution in [1.82, 2.24) is 0 Å². The summed E-state index contributed by atoms with van der Waals surface area (Å²) in [5.74, 6) is -0.569. The van der Waals surface area contributed by atoms with Crippen LogP contribution in [0, 0.1) is 0 Å². The van der Waals surface area contributed by atoms with Gasteiger partial charge in [-0.2, -0.15) is 8.78 Å². The molecule has 0 bridgehead atoms. The minimum absolute atomic E-state index is 0.147. The summed E-state index contributed by atoms with van der Waals surface area (Å²) in [5.41, 5.74) is 1.79. The molecule has 0 aliphatic heterocycles. The van der Waals surface area contributed by atoms with E-state index in [0.29, 0.717) is 10.3 Å². The Morgan fingerprint density at radius 3 is 2.45 bits per heavy atom. The Labute approximate surface area is 132 Å². The lowest BCUT2D eigenvalue weighted by molar-refractivity contribution is 0.0571. The molecule has 2 aromatic rings. The van der Waals surface area contributed by atoms with Crippen LogP contribution in [0.3, 0.4) is 0 Å². The summed E-state index contributed by atoms with van der Waals surface area (Å²) in [4.78, 5) is 11.5. The van der Waals surface area contributed by atoms with E-state index in [1.807, 2.05) is 0 Å². The van der Waals surface area contributed by atoms with Gasteiger partial charge in [0, 0.05) is 10.3 Å². The predicted molar refractivity (Wildman–Crippen MR) is 84.4 cm³/mol. The van der Waals surface area contributed by atoms with Crippen LogP contribution in [0.2, 0.25) is 0 Å². The highest BCUT2D eigenvalue weighted by molar-refractivity contribution is 7.48. The van der Waals surface area contributed by atoms with Crippen LogP contribution in [-0.4, -0.2) is 19.1 Å². The van der Waals surface area contributed by atoms with Crippen molar-refractivity contribution in [3.05, 3.63) is 34.7 Å². The van der Waals surface area contributed by atoms with Gasteiger partial charge in [-0.15, -0.1) is 11.3 Å². The van der Waals surface area contributed by atoms with Crippen LogP contribution < -0.4 is 5.73 Å². The third-order valence-electron chi connectivity index (χ3n) is 2.83. The maximum Gasteiger partial charge on any atom is 0.339 e. The number of halogens is 2. The molecule has 1 aromatic heterocycles. The van der Waals surface area contributed by atoms with E-state index in [9.17, 15) is 13.6 Å². The number of hydrogen-bond acceptors (Lipinski definition) is 4. The molecule has 0 spiro atoms. The van der Waals surface area contributed by atoms with Gasteiger partial charge in [0.2, 0.25) is 0 Å². The standard InChI is InChI=1S/C14H16F2NO3PS/c1-3-19-21(20-4-2)14(15,16)10-5-6-11-9(7-10)8-12(22-11)13(17)18/h5-8H,3-4H2,1-2H3,(H2,17,18). The Morgan fingerprint density at radius 2 is 1.91 bits per heavy atom. The lowest BCUT2D eigenvalue weighted by atomic mass is 10.1. The third-order valence-corrected chi connectivity index (χ3v) is 5.66. The van der Waals surface area contributed by atoms with Gasteiger partial charge in [-0.3, -0.25) is 4.79 Å². The number of rotatable bonds is 7. The second-order valence-corrected chi connectivity index (χ2v) is 7.04. The number of primary amides is 1. The maximum atomic E-state index is 14.6. The molecular formula is C14H16F2NO3PS. The van der Waals surface area contributed by atoms with E-state index in [2.05, 4.69) is 0 Å². The number of carbonyl (C=O) groups excluding carboxylic acids is 1. The molecular weight excluding hydrogens is 331 g/mol. The van der Waals surface area contributed by atoms with Crippen LogP contribution in [0.4, 0.5) is 8.78 Å². The van der Waals surface area contributed by atoms with Crippen molar-refractivity contribution in [2.24, 2.45) is 5.73 Å². The van der Waals surface area contributed by atoms with E-state index in [-0.39, 0.29) is 18.8 Å². The van der Waals surface area contributed by atoms with Crippen molar-refractivity contribution < 1.29 is 22.6 Å². The Balaban J connectivity index is 2.40. The fraction of sp³-hybridized carbons (Fsp3) is 0.357. The molecule has 0 aliphatic rings. The summed E-state index contributed by atoms with van der Waals surface area (Å²) in [7, 11) is -2.36. The van der Waals surface area contributed by atoms with Gasteiger partial charge in [-0.1, -0.05) is 6.07 Å². The van der Waals surface area contributed by atoms with E-state index in [1.54, 1.807) is 19.9 Å². The van der Waals surface area contributed by atoms with Crippen LogP contribution >= 0.6 is 19.7 Å². The SMILES string of the molecule is CCOP(OCC)C(F)(F)c1ccc2sc(C(N)=O)cc2c1. The maximum absolute atomic E-state index is 14.6. The number of alkyl halides is 2. The Hall–Kier alpha value is -1.14. The van der Waals surface area contributed by atoms with E-state index in [0.717, 1.165) is 4.70 Å². The Morgan fingerprint density at radius 1 is 1.27 bits per heavy atom. The fourth-order valence-electron chi connectivity index (χ4n) is 1.89. The van der Waals surface area contributed by atoms with Gasteiger partial charge in [-0.05, 0) is 37.4 Å². The summed E-state index contributed by atoms with van der Waals surface area (Å²) in [6.45, 7) is 3.58. The first-order chi connectivity index (χ1) is 10.4. The van der Waals surface area contributed by atoms with Crippen molar-refractivity contribution in [2.75, 3.05) is 13.2 Å². The molecule has 8 heteroatoms. The molecule has 0 saturated carbocycles. The van der Waals surface area contributed by atoms with E-state index in [1.165, 1.54) is 29.5 Å². The van der Waals surface area contributed by atoms with Crippen LogP contribution in [0.5, 0.6) is 0 Å². The summed E-state index contributed by atoms with van der Waals surface area (Å²) >= 11 is 1.18. The van der Waals surface area contributed by atoms with Crippen molar-refractivity contribution in [3.63, 3.8) is 0 Å². The first-order valence-electron chi connectivity index (χ1n) is 6.67. The molecule has 1 amide bonds. The normalized spacial score (nSPS) is 12.2. The molecule has 0 radical (unpaired) electrons. The van der Waals surface area contributed by atoms with Gasteiger partial charge in [-0.25, -0.2) is 0 Å². The Kier molecular flexibility index (Phi) is 5.45. The van der Waals surface area contributed by atoms with E-state index >= 15 is 0 Å². The minimum atomic E-state index is -3.23. The number of fused-ring (bicyclic) bond motifs is 1. The highest BCUT2D eigenvalue weighted by Gasteiger charge is 2.44. The average Bonchev–Trinajstić information content (AvgIpc) is 2.90. The second-order valence-electron chi connectivity index (χ2n) is 4.36. The number of benzene rings is 1. The van der Waals surface area contributed by atoms with Gasteiger partial charge in [0.25, 0.3) is 14.3 Å². The summed E-state index contributed by atoms with van der Waals surface area (Å²) < 4.78 is 40.0. The number of carbonyl (C=O) groups is 1. The first kappa shape index (κ1) is 17.2. The quantitative estimate of drug-likeness (QED) is 0.754. The molecule has 0 atom stereocenters. The highest BCUT2D eigenvalue weighted by Crippen LogP contribution is 2.60. The fourth-order valence-corrected chi connectivity index (χ4v) is 4.00. The highest BCUT2D eigenvalue weighted by atomic mass is 32.1. The molecule has 2 rings (SSSR count). The zero-order valence-corrected chi connectivity index (χ0v) is 13.8. The largest absolute Gasteiger partial charge is 0.365 e. The Bertz CT molecular complexity index is 671. The molecule has 0 fully saturated rings. The summed E-state index contributed by atoms with van der Waals surface area (Å²) in [6, 6.07) is 5.76. The van der Waals surface area contributed by atoms with Crippen molar-refractivity contribution in [1.29, 1.82) is 0 Å². The monoisotopic (exact) mass is 347 g/mol. The molecule has 0 aliphatic carbocycles. The zero-order chi connectivity index (χ0) is 16.3. The molecule has 1 aromatic carbocycles. The molecule has 120 valence electrons. The predicted octanol–water partition coefficient (Wildman–Crippen LogP) is 4.43. The van der Waals surface area contributed by atoms with Crippen LogP contribution in [0.15, 0.2) is 24.3 Å². The number of amides is 1. The average molecular weight is 347 g/mol. The molecule has 0 unspecified atom stereocenters. The molecule has 22 heavy (non-hydrogen) atoms. The van der Waals surface area contributed by atoms with Crippen LogP contribution in [0.1, 0.15) is 29.1 Å². The van der Waals surface area contributed by atoms with Gasteiger partial charge in [0.1, 0.15) is 0 Å². The molecule has 2 N–H and O–H groups in total. The number of hydrogen-bond donors (Lipinski definition) is 1. The van der Waals surface area contributed by atoms with Crippen molar-refractivity contribution >= 4 is 35.7 Å². The second kappa shape index (κ2) is 6.96. The van der Waals surface area contributed by atoms with Crippen LogP contribution in [0.25, 0.3) is 10.1 Å². The minimum Gasteiger partial charge on any atom is -0.365 e. The topological polar surface area (TPSA) is 61.6 Å². The van der Waals surface area contributed by atoms with Crippen LogP contribution in [-0.2, 0) is 14.7 Å². The number of nitrogens with two attached hydrogens (primary N) is 1. The summed E-state index contributed by atoms with van der Waals surface area (Å²) in [6.07, 6.45) is 0.